The second-order valence-electron chi connectivity index (χ2n) is 11.4. The number of aryl methyl sites for hydroxylation is 1. The average Bonchev–Trinajstić information content (AvgIpc) is 3.64. The number of anilines is 3. The predicted octanol–water partition coefficient (Wildman–Crippen LogP) is 9.78. The van der Waals surface area contributed by atoms with Crippen LogP contribution in [0.4, 0.5) is 17.2 Å². The summed E-state index contributed by atoms with van der Waals surface area (Å²) in [5, 5.41) is 4.91. The number of para-hydroxylation sites is 2. The summed E-state index contributed by atoms with van der Waals surface area (Å²) in [5.41, 5.74) is 7.50. The summed E-state index contributed by atoms with van der Waals surface area (Å²) < 4.78 is 4.80. The topological polar surface area (TPSA) is 46.8 Å². The quantitative estimate of drug-likeness (QED) is 0.173. The van der Waals surface area contributed by atoms with E-state index in [1.54, 1.807) is 0 Å². The molecule has 9 aromatic rings. The van der Waals surface area contributed by atoms with Gasteiger partial charge >= 0.3 is 242 Å². The molecule has 0 aliphatic carbocycles. The van der Waals surface area contributed by atoms with E-state index in [4.69, 9.17) is 15.0 Å². The maximum absolute atomic E-state index is 5.35. The summed E-state index contributed by atoms with van der Waals surface area (Å²) in [7, 11) is 0. The zero-order valence-corrected chi connectivity index (χ0v) is 26.7. The third-order valence-electron chi connectivity index (χ3n) is 8.55. The molecule has 0 amide bonds. The van der Waals surface area contributed by atoms with E-state index in [2.05, 4.69) is 144 Å². The van der Waals surface area contributed by atoms with Gasteiger partial charge in [-0.3, -0.25) is 0 Å². The zero-order valence-electron chi connectivity index (χ0n) is 25.0. The number of hydrogen-bond acceptors (Lipinski definition) is 4. The van der Waals surface area contributed by atoms with Crippen molar-refractivity contribution in [1.82, 2.24) is 19.5 Å². The molecule has 0 fully saturated rings. The van der Waals surface area contributed by atoms with E-state index in [1.165, 1.54) is 35.8 Å². The number of fused-ring (bicyclic) bond motifs is 6. The van der Waals surface area contributed by atoms with Gasteiger partial charge in [-0.2, -0.15) is 0 Å². The Balaban J connectivity index is 1.25. The van der Waals surface area contributed by atoms with Crippen LogP contribution < -0.4 is 4.90 Å². The molecule has 0 bridgehead atoms. The molecule has 5 aromatic heterocycles. The Morgan fingerprint density at radius 2 is 1.37 bits per heavy atom. The minimum atomic E-state index is 0.119. The van der Waals surface area contributed by atoms with Gasteiger partial charge in [0.25, 0.3) is 0 Å². The van der Waals surface area contributed by atoms with Crippen LogP contribution in [0.2, 0.25) is 0 Å². The van der Waals surface area contributed by atoms with Gasteiger partial charge in [0.05, 0.1) is 0 Å². The number of rotatable bonds is 5. The second kappa shape index (κ2) is 10.8. The van der Waals surface area contributed by atoms with E-state index in [1.807, 2.05) is 18.3 Å². The van der Waals surface area contributed by atoms with Gasteiger partial charge in [0.1, 0.15) is 0 Å². The van der Waals surface area contributed by atoms with Crippen molar-refractivity contribution in [3.05, 3.63) is 151 Å². The van der Waals surface area contributed by atoms with Gasteiger partial charge in [-0.15, -0.1) is 0 Å². The molecule has 0 aliphatic rings. The van der Waals surface area contributed by atoms with Gasteiger partial charge in [0.2, 0.25) is 0 Å². The number of benzene rings is 4. The summed E-state index contributed by atoms with van der Waals surface area (Å²) in [4.78, 5) is 17.2. The molecule has 46 heavy (non-hydrogen) atoms. The van der Waals surface area contributed by atoms with Crippen molar-refractivity contribution in [3.8, 4) is 17.1 Å². The van der Waals surface area contributed by atoms with E-state index >= 15 is 0 Å². The normalized spacial score (nSPS) is 11.6. The number of nitrogens with zero attached hydrogens (tertiary/aromatic N) is 5. The first-order valence-electron chi connectivity index (χ1n) is 15.3. The number of aromatic nitrogens is 4. The van der Waals surface area contributed by atoms with Crippen LogP contribution in [0.25, 0.3) is 58.3 Å². The van der Waals surface area contributed by atoms with Gasteiger partial charge in [-0.25, -0.2) is 0 Å². The molecule has 0 radical (unpaired) electrons. The molecule has 0 saturated heterocycles. The molecule has 0 unspecified atom stereocenters. The number of hydrogen-bond donors (Lipinski definition) is 0. The van der Waals surface area contributed by atoms with Crippen LogP contribution >= 0.6 is 0 Å². The molecule has 6 heteroatoms. The molecular formula is C40H27N5Se. The standard InChI is InChI=1S/C40H27N5Se/c1-26-20-22-32-31-14-9-15-33(39(31)46-40(32)42-26)34-16-10-19-38(43-34)44(27-11-3-2-4-12-27)28-21-23-30-29-13-5-6-17-35(29)45(36(30)25-28)37-18-7-8-24-41-37/h2-25H,1H3. The SMILES string of the molecule is Cc1ccc2c(n1)[se]c1c(-c3cccc(N(c4ccccc4)c4ccc5c6ccccc6n(-c6ccccn6)c5c4)n3)cccc12. The van der Waals surface area contributed by atoms with Gasteiger partial charge in [0, 0.05) is 6.20 Å². The van der Waals surface area contributed by atoms with Crippen LogP contribution in [0.15, 0.2) is 146 Å². The predicted molar refractivity (Wildman–Crippen MR) is 191 cm³/mol. The summed E-state index contributed by atoms with van der Waals surface area (Å²) in [6.45, 7) is 2.07. The second-order valence-corrected chi connectivity index (χ2v) is 13.5. The third kappa shape index (κ3) is 4.34. The summed E-state index contributed by atoms with van der Waals surface area (Å²) in [6, 6.07) is 49.0. The van der Waals surface area contributed by atoms with Crippen LogP contribution in [-0.4, -0.2) is 34.0 Å². The fraction of sp³-hybridized carbons (Fsp3) is 0.0250. The minimum absolute atomic E-state index is 0.119. The molecule has 9 rings (SSSR count). The zero-order chi connectivity index (χ0) is 30.6. The van der Waals surface area contributed by atoms with Crippen molar-refractivity contribution in [1.29, 1.82) is 0 Å². The van der Waals surface area contributed by atoms with E-state index in [0.29, 0.717) is 0 Å². The molecule has 0 spiro atoms. The van der Waals surface area contributed by atoms with Crippen molar-refractivity contribution < 1.29 is 0 Å². The maximum atomic E-state index is 5.35. The van der Waals surface area contributed by atoms with Gasteiger partial charge in [0.15, 0.2) is 0 Å². The molecule has 5 nitrogen and oxygen atoms in total. The van der Waals surface area contributed by atoms with Crippen molar-refractivity contribution in [2.75, 3.05) is 4.90 Å². The van der Waals surface area contributed by atoms with Crippen LogP contribution in [0.1, 0.15) is 5.69 Å². The summed E-state index contributed by atoms with van der Waals surface area (Å²) in [6.07, 6.45) is 1.85. The fourth-order valence-corrected chi connectivity index (χ4v) is 9.10. The Kier molecular flexibility index (Phi) is 6.30. The van der Waals surface area contributed by atoms with Crippen LogP contribution in [-0.2, 0) is 0 Å². The first-order valence-corrected chi connectivity index (χ1v) is 17.0. The molecule has 0 N–H and O–H groups in total. The van der Waals surface area contributed by atoms with Crippen LogP contribution in [0.5, 0.6) is 0 Å². The van der Waals surface area contributed by atoms with E-state index < -0.39 is 0 Å². The van der Waals surface area contributed by atoms with Crippen molar-refractivity contribution >= 4 is 72.9 Å². The Labute approximate surface area is 271 Å². The molecule has 0 saturated carbocycles. The van der Waals surface area contributed by atoms with Crippen molar-refractivity contribution in [2.24, 2.45) is 0 Å². The Bertz CT molecular complexity index is 2550. The molecule has 0 atom stereocenters. The fourth-order valence-electron chi connectivity index (χ4n) is 6.49. The van der Waals surface area contributed by atoms with Crippen LogP contribution in [0, 0.1) is 6.92 Å². The van der Waals surface area contributed by atoms with Crippen molar-refractivity contribution in [3.63, 3.8) is 0 Å². The first-order chi connectivity index (χ1) is 22.7. The van der Waals surface area contributed by atoms with Crippen molar-refractivity contribution in [2.45, 2.75) is 6.92 Å². The molecule has 218 valence electrons. The van der Waals surface area contributed by atoms with E-state index in [9.17, 15) is 0 Å². The molecular weight excluding hydrogens is 629 g/mol. The summed E-state index contributed by atoms with van der Waals surface area (Å²) >= 11 is 0.119. The van der Waals surface area contributed by atoms with Gasteiger partial charge in [-0.1, -0.05) is 18.2 Å². The first kappa shape index (κ1) is 26.8. The van der Waals surface area contributed by atoms with E-state index in [0.717, 1.165) is 45.4 Å². The Hall–Kier alpha value is -5.55. The number of pyridine rings is 3. The molecule has 4 aromatic carbocycles. The Morgan fingerprint density at radius 3 is 2.26 bits per heavy atom. The average molecular weight is 657 g/mol. The Morgan fingerprint density at radius 1 is 0.587 bits per heavy atom. The van der Waals surface area contributed by atoms with Gasteiger partial charge in [-0.05, 0) is 6.07 Å². The third-order valence-corrected chi connectivity index (χ3v) is 11.0. The molecule has 0 aliphatic heterocycles. The molecule has 5 heterocycles. The monoisotopic (exact) mass is 657 g/mol. The van der Waals surface area contributed by atoms with Gasteiger partial charge < -0.3 is 0 Å². The summed E-state index contributed by atoms with van der Waals surface area (Å²) in [5.74, 6) is 1.75. The van der Waals surface area contributed by atoms with Crippen LogP contribution in [0.3, 0.4) is 0 Å². The van der Waals surface area contributed by atoms with E-state index in [-0.39, 0.29) is 14.5 Å².